The first kappa shape index (κ1) is 16.7. The maximum atomic E-state index is 4.35. The molecule has 102 valence electrons. The highest BCUT2D eigenvalue weighted by atomic mass is 32.1. The molecule has 1 rings (SSSR count). The van der Waals surface area contributed by atoms with Crippen LogP contribution in [0.25, 0.3) is 0 Å². The minimum Gasteiger partial charge on any atom is -0.179 e. The SMILES string of the molecule is SCCc1cc(CCS)c(CCS)cc1CCS. The number of benzene rings is 1. The summed E-state index contributed by atoms with van der Waals surface area (Å²) in [7, 11) is 0. The first-order valence-corrected chi connectivity index (χ1v) is 8.86. The lowest BCUT2D eigenvalue weighted by atomic mass is 9.93. The van der Waals surface area contributed by atoms with Crippen molar-refractivity contribution in [2.24, 2.45) is 0 Å². The van der Waals surface area contributed by atoms with Gasteiger partial charge < -0.3 is 0 Å². The number of rotatable bonds is 8. The van der Waals surface area contributed by atoms with Gasteiger partial charge in [-0.1, -0.05) is 12.1 Å². The van der Waals surface area contributed by atoms with Crippen molar-refractivity contribution in [3.8, 4) is 0 Å². The van der Waals surface area contributed by atoms with Crippen LogP contribution >= 0.6 is 50.5 Å². The summed E-state index contributed by atoms with van der Waals surface area (Å²) in [5.74, 6) is 3.58. The fraction of sp³-hybridized carbons (Fsp3) is 0.571. The molecular formula is C14H22S4. The predicted molar refractivity (Wildman–Crippen MR) is 96.7 cm³/mol. The van der Waals surface area contributed by atoms with E-state index in [-0.39, 0.29) is 0 Å². The molecule has 1 aromatic rings. The fourth-order valence-corrected chi connectivity index (χ4v) is 3.17. The molecule has 18 heavy (non-hydrogen) atoms. The van der Waals surface area contributed by atoms with Crippen LogP contribution in [0.4, 0.5) is 0 Å². The van der Waals surface area contributed by atoms with Crippen LogP contribution in [-0.2, 0) is 25.7 Å². The summed E-state index contributed by atoms with van der Waals surface area (Å²) in [6.07, 6.45) is 4.14. The van der Waals surface area contributed by atoms with Crippen LogP contribution in [0.15, 0.2) is 12.1 Å². The molecule has 1 aromatic carbocycles. The summed E-state index contributed by atoms with van der Waals surface area (Å²) in [5.41, 5.74) is 5.72. The Bertz CT molecular complexity index is 297. The first-order valence-electron chi connectivity index (χ1n) is 6.33. The van der Waals surface area contributed by atoms with Crippen LogP contribution in [0, 0.1) is 0 Å². The highest BCUT2D eigenvalue weighted by Gasteiger charge is 2.09. The molecule has 0 aliphatic rings. The van der Waals surface area contributed by atoms with Crippen LogP contribution in [0.3, 0.4) is 0 Å². The van der Waals surface area contributed by atoms with Gasteiger partial charge >= 0.3 is 0 Å². The predicted octanol–water partition coefficient (Wildman–Crippen LogP) is 3.58. The maximum absolute atomic E-state index is 4.35. The molecule has 0 unspecified atom stereocenters. The molecule has 0 fully saturated rings. The van der Waals surface area contributed by atoms with Gasteiger partial charge in [0.1, 0.15) is 0 Å². The van der Waals surface area contributed by atoms with E-state index in [9.17, 15) is 0 Å². The Morgan fingerprint density at radius 2 is 0.722 bits per heavy atom. The summed E-state index contributed by atoms with van der Waals surface area (Å²) >= 11 is 17.4. The lowest BCUT2D eigenvalue weighted by Gasteiger charge is -2.15. The van der Waals surface area contributed by atoms with Crippen molar-refractivity contribution in [3.05, 3.63) is 34.4 Å². The van der Waals surface area contributed by atoms with Gasteiger partial charge in [-0.3, -0.25) is 0 Å². The van der Waals surface area contributed by atoms with Gasteiger partial charge in [-0.05, 0) is 70.9 Å². The Labute approximate surface area is 133 Å². The van der Waals surface area contributed by atoms with Crippen LogP contribution in [0.5, 0.6) is 0 Å². The zero-order valence-electron chi connectivity index (χ0n) is 10.6. The van der Waals surface area contributed by atoms with Crippen LogP contribution in [-0.4, -0.2) is 23.0 Å². The highest BCUT2D eigenvalue weighted by molar-refractivity contribution is 7.80. The van der Waals surface area contributed by atoms with E-state index in [4.69, 9.17) is 0 Å². The molecule has 0 aliphatic carbocycles. The summed E-state index contributed by atoms with van der Waals surface area (Å²) in [6, 6.07) is 4.70. The van der Waals surface area contributed by atoms with E-state index in [2.05, 4.69) is 62.6 Å². The summed E-state index contributed by atoms with van der Waals surface area (Å²) < 4.78 is 0. The highest BCUT2D eigenvalue weighted by Crippen LogP contribution is 2.21. The molecule has 0 bridgehead atoms. The van der Waals surface area contributed by atoms with Crippen LogP contribution in [0.2, 0.25) is 0 Å². The molecule has 0 heterocycles. The molecule has 0 atom stereocenters. The van der Waals surface area contributed by atoms with E-state index in [1.807, 2.05) is 0 Å². The van der Waals surface area contributed by atoms with E-state index >= 15 is 0 Å². The molecule has 0 saturated heterocycles. The first-order chi connectivity index (χ1) is 8.76. The van der Waals surface area contributed by atoms with Crippen LogP contribution in [0.1, 0.15) is 22.3 Å². The number of hydrogen-bond donors (Lipinski definition) is 4. The van der Waals surface area contributed by atoms with Gasteiger partial charge in [0.25, 0.3) is 0 Å². The van der Waals surface area contributed by atoms with Gasteiger partial charge in [0.15, 0.2) is 0 Å². The zero-order valence-corrected chi connectivity index (χ0v) is 14.2. The average Bonchev–Trinajstić information content (AvgIpc) is 2.35. The third-order valence-corrected chi connectivity index (χ3v) is 3.94. The van der Waals surface area contributed by atoms with Crippen molar-refractivity contribution in [1.29, 1.82) is 0 Å². The topological polar surface area (TPSA) is 0 Å². The summed E-state index contributed by atoms with van der Waals surface area (Å²) in [5, 5.41) is 0. The molecule has 0 nitrogen and oxygen atoms in total. The van der Waals surface area contributed by atoms with Gasteiger partial charge in [-0.15, -0.1) is 0 Å². The molecule has 0 amide bonds. The van der Waals surface area contributed by atoms with Gasteiger partial charge in [-0.25, -0.2) is 0 Å². The molecule has 0 spiro atoms. The lowest BCUT2D eigenvalue weighted by Crippen LogP contribution is -2.04. The summed E-state index contributed by atoms with van der Waals surface area (Å²) in [4.78, 5) is 0. The van der Waals surface area contributed by atoms with Crippen molar-refractivity contribution in [3.63, 3.8) is 0 Å². The zero-order chi connectivity index (χ0) is 13.4. The number of aryl methyl sites for hydroxylation is 4. The lowest BCUT2D eigenvalue weighted by molar-refractivity contribution is 0.990. The van der Waals surface area contributed by atoms with Crippen LogP contribution < -0.4 is 0 Å². The van der Waals surface area contributed by atoms with Gasteiger partial charge in [0.2, 0.25) is 0 Å². The van der Waals surface area contributed by atoms with Gasteiger partial charge in [0.05, 0.1) is 0 Å². The normalized spacial score (nSPS) is 10.9. The standard InChI is InChI=1S/C14H22S4/c15-5-1-11-9-13(3-7-17)14(4-8-18)10-12(11)2-6-16/h9-10,15-18H,1-8H2. The second-order valence-electron chi connectivity index (χ2n) is 4.28. The largest absolute Gasteiger partial charge is 0.179 e. The Morgan fingerprint density at radius 1 is 0.500 bits per heavy atom. The molecule has 0 aromatic heterocycles. The maximum Gasteiger partial charge on any atom is -0.00573 e. The smallest absolute Gasteiger partial charge is 0.00573 e. The van der Waals surface area contributed by atoms with Crippen molar-refractivity contribution >= 4 is 50.5 Å². The second-order valence-corrected chi connectivity index (χ2v) is 6.07. The molecular weight excluding hydrogens is 296 g/mol. The van der Waals surface area contributed by atoms with E-state index in [0.717, 1.165) is 48.7 Å². The number of thiol groups is 4. The van der Waals surface area contributed by atoms with Crippen molar-refractivity contribution in [2.75, 3.05) is 23.0 Å². The van der Waals surface area contributed by atoms with Gasteiger partial charge in [-0.2, -0.15) is 50.5 Å². The Balaban J connectivity index is 3.11. The van der Waals surface area contributed by atoms with E-state index < -0.39 is 0 Å². The van der Waals surface area contributed by atoms with Crippen molar-refractivity contribution in [2.45, 2.75) is 25.7 Å². The van der Waals surface area contributed by atoms with E-state index in [1.165, 1.54) is 22.3 Å². The number of hydrogen-bond acceptors (Lipinski definition) is 4. The van der Waals surface area contributed by atoms with E-state index in [0.29, 0.717) is 0 Å². The Morgan fingerprint density at radius 3 is 0.889 bits per heavy atom. The third kappa shape index (κ3) is 4.95. The van der Waals surface area contributed by atoms with Gasteiger partial charge in [0, 0.05) is 0 Å². The second kappa shape index (κ2) is 9.51. The quantitative estimate of drug-likeness (QED) is 0.518. The van der Waals surface area contributed by atoms with E-state index in [1.54, 1.807) is 0 Å². The summed E-state index contributed by atoms with van der Waals surface area (Å²) in [6.45, 7) is 0. The Kier molecular flexibility index (Phi) is 8.81. The third-order valence-electron chi connectivity index (χ3n) is 3.05. The minimum absolute atomic E-state index is 0.895. The minimum atomic E-state index is 0.895. The molecule has 0 N–H and O–H groups in total. The fourth-order valence-electron chi connectivity index (χ4n) is 2.20. The van der Waals surface area contributed by atoms with Crippen molar-refractivity contribution < 1.29 is 0 Å². The van der Waals surface area contributed by atoms with Crippen molar-refractivity contribution in [1.82, 2.24) is 0 Å². The Hall–Kier alpha value is 0.620. The monoisotopic (exact) mass is 318 g/mol. The molecule has 0 aliphatic heterocycles. The molecule has 0 saturated carbocycles. The molecule has 0 radical (unpaired) electrons. The average molecular weight is 319 g/mol. The molecule has 4 heteroatoms.